The standard InChI is InChI=1S/C20H23FN6OS/c1-26-10-12-4-6-15(26)17(21)18(12)27(2)20-25-24-19(29-20)14-5-3-11(7-16(14)28)13-8-22-23-9-13/h3,5,7-9,12,15,17-18,28H,4,6,10H2,1-2H3,(H,22,23)/t12?,15?,17?,18-/m1/s1. The highest BCUT2D eigenvalue weighted by molar-refractivity contribution is 7.18. The molecule has 1 aliphatic carbocycles. The van der Waals surface area contributed by atoms with Crippen molar-refractivity contribution in [2.24, 2.45) is 5.92 Å². The number of phenols is 1. The van der Waals surface area contributed by atoms with Gasteiger partial charge in [0.1, 0.15) is 11.9 Å². The van der Waals surface area contributed by atoms with Crippen molar-refractivity contribution >= 4 is 16.5 Å². The minimum absolute atomic E-state index is 0.0145. The highest BCUT2D eigenvalue weighted by atomic mass is 32.1. The van der Waals surface area contributed by atoms with Gasteiger partial charge in [-0.15, -0.1) is 10.2 Å². The molecule has 2 saturated heterocycles. The summed E-state index contributed by atoms with van der Waals surface area (Å²) in [5, 5.41) is 27.1. The Kier molecular flexibility index (Phi) is 4.51. The molecule has 7 nitrogen and oxygen atoms in total. The Bertz CT molecular complexity index is 1010. The highest BCUT2D eigenvalue weighted by Gasteiger charge is 2.49. The van der Waals surface area contributed by atoms with Crippen molar-refractivity contribution in [1.82, 2.24) is 25.3 Å². The topological polar surface area (TPSA) is 81.2 Å². The number of aromatic nitrogens is 4. The number of halogens is 1. The summed E-state index contributed by atoms with van der Waals surface area (Å²) in [4.78, 5) is 4.10. The van der Waals surface area contributed by atoms with Crippen LogP contribution in [0, 0.1) is 5.92 Å². The Labute approximate surface area is 172 Å². The average Bonchev–Trinajstić information content (AvgIpc) is 3.40. The molecule has 4 atom stereocenters. The van der Waals surface area contributed by atoms with Crippen molar-refractivity contribution in [3.05, 3.63) is 30.6 Å². The molecule has 1 aromatic carbocycles. The zero-order chi connectivity index (χ0) is 20.1. The quantitative estimate of drug-likeness (QED) is 0.683. The van der Waals surface area contributed by atoms with Gasteiger partial charge in [-0.3, -0.25) is 5.10 Å². The number of phenolic OH excluding ortho intramolecular Hbond substituents is 1. The van der Waals surface area contributed by atoms with E-state index in [2.05, 4.69) is 25.3 Å². The fraction of sp³-hybridized carbons (Fsp3) is 0.450. The van der Waals surface area contributed by atoms with Crippen molar-refractivity contribution in [1.29, 1.82) is 0 Å². The molecule has 6 rings (SSSR count). The molecule has 9 heteroatoms. The van der Waals surface area contributed by atoms with Gasteiger partial charge in [-0.05, 0) is 43.5 Å². The maximum absolute atomic E-state index is 15.1. The van der Waals surface area contributed by atoms with E-state index in [0.29, 0.717) is 21.6 Å². The Morgan fingerprint density at radius 3 is 2.83 bits per heavy atom. The smallest absolute Gasteiger partial charge is 0.208 e. The van der Waals surface area contributed by atoms with Crippen LogP contribution >= 0.6 is 11.3 Å². The van der Waals surface area contributed by atoms with Gasteiger partial charge in [-0.1, -0.05) is 17.4 Å². The van der Waals surface area contributed by atoms with Crippen LogP contribution in [-0.2, 0) is 0 Å². The summed E-state index contributed by atoms with van der Waals surface area (Å²) in [7, 11) is 3.92. The first-order chi connectivity index (χ1) is 14.0. The van der Waals surface area contributed by atoms with Crippen LogP contribution < -0.4 is 4.90 Å². The van der Waals surface area contributed by atoms with Crippen molar-refractivity contribution < 1.29 is 9.50 Å². The van der Waals surface area contributed by atoms with E-state index >= 15 is 4.39 Å². The number of anilines is 1. The van der Waals surface area contributed by atoms with E-state index in [1.54, 1.807) is 18.5 Å². The first-order valence-corrected chi connectivity index (χ1v) is 10.6. The van der Waals surface area contributed by atoms with Crippen LogP contribution in [0.25, 0.3) is 21.7 Å². The molecule has 4 heterocycles. The summed E-state index contributed by atoms with van der Waals surface area (Å²) in [5.41, 5.74) is 2.39. The Balaban J connectivity index is 1.40. The number of nitrogens with one attached hydrogen (secondary N) is 1. The third kappa shape index (κ3) is 3.08. The fourth-order valence-electron chi connectivity index (χ4n) is 4.80. The van der Waals surface area contributed by atoms with Gasteiger partial charge in [0.15, 0.2) is 5.01 Å². The number of aromatic amines is 1. The summed E-state index contributed by atoms with van der Waals surface area (Å²) < 4.78 is 15.1. The van der Waals surface area contributed by atoms with E-state index < -0.39 is 6.17 Å². The number of fused-ring (bicyclic) bond motifs is 3. The fourth-order valence-corrected chi connectivity index (χ4v) is 5.68. The monoisotopic (exact) mass is 414 g/mol. The summed E-state index contributed by atoms with van der Waals surface area (Å²) in [6, 6.07) is 5.25. The van der Waals surface area contributed by atoms with Gasteiger partial charge in [0.25, 0.3) is 0 Å². The van der Waals surface area contributed by atoms with Crippen molar-refractivity contribution in [2.45, 2.75) is 31.1 Å². The number of rotatable bonds is 4. The Hall–Kier alpha value is -2.52. The van der Waals surface area contributed by atoms with Crippen molar-refractivity contribution in [2.75, 3.05) is 25.5 Å². The van der Waals surface area contributed by atoms with Crippen LogP contribution in [0.2, 0.25) is 0 Å². The van der Waals surface area contributed by atoms with Gasteiger partial charge in [0, 0.05) is 31.4 Å². The molecule has 152 valence electrons. The van der Waals surface area contributed by atoms with Gasteiger partial charge in [-0.25, -0.2) is 4.39 Å². The molecule has 2 aliphatic heterocycles. The second kappa shape index (κ2) is 7.07. The van der Waals surface area contributed by atoms with E-state index in [1.165, 1.54) is 11.3 Å². The average molecular weight is 415 g/mol. The number of H-pyrrole nitrogens is 1. The number of benzene rings is 1. The number of piperidine rings is 2. The van der Waals surface area contributed by atoms with E-state index in [1.807, 2.05) is 31.1 Å². The summed E-state index contributed by atoms with van der Waals surface area (Å²) in [6.45, 7) is 0.919. The van der Waals surface area contributed by atoms with Crippen molar-refractivity contribution in [3.63, 3.8) is 0 Å². The predicted molar refractivity (Wildman–Crippen MR) is 111 cm³/mol. The van der Waals surface area contributed by atoms with Crippen LogP contribution in [0.3, 0.4) is 0 Å². The van der Waals surface area contributed by atoms with Crippen LogP contribution in [0.1, 0.15) is 12.8 Å². The van der Waals surface area contributed by atoms with Gasteiger partial charge in [0.05, 0.1) is 17.8 Å². The minimum atomic E-state index is -0.896. The zero-order valence-corrected chi connectivity index (χ0v) is 17.1. The second-order valence-corrected chi connectivity index (χ2v) is 8.95. The zero-order valence-electron chi connectivity index (χ0n) is 16.3. The Morgan fingerprint density at radius 1 is 1.28 bits per heavy atom. The molecular weight excluding hydrogens is 391 g/mol. The van der Waals surface area contributed by atoms with Gasteiger partial charge in [-0.2, -0.15) is 5.10 Å². The molecule has 0 spiro atoms. The highest BCUT2D eigenvalue weighted by Crippen LogP contribution is 2.42. The first-order valence-electron chi connectivity index (χ1n) is 9.76. The molecule has 3 aromatic rings. The van der Waals surface area contributed by atoms with E-state index in [-0.39, 0.29) is 17.8 Å². The molecule has 2 bridgehead atoms. The number of aromatic hydroxyl groups is 1. The largest absolute Gasteiger partial charge is 0.507 e. The second-order valence-electron chi connectivity index (χ2n) is 8.00. The van der Waals surface area contributed by atoms with E-state index in [0.717, 1.165) is 30.5 Å². The van der Waals surface area contributed by atoms with E-state index in [9.17, 15) is 5.11 Å². The predicted octanol–water partition coefficient (Wildman–Crippen LogP) is 3.17. The minimum Gasteiger partial charge on any atom is -0.507 e. The molecule has 29 heavy (non-hydrogen) atoms. The molecule has 2 aromatic heterocycles. The lowest BCUT2D eigenvalue weighted by Crippen LogP contribution is -2.64. The van der Waals surface area contributed by atoms with Crippen LogP contribution in [0.15, 0.2) is 30.6 Å². The number of alkyl halides is 1. The third-order valence-electron chi connectivity index (χ3n) is 6.32. The third-order valence-corrected chi connectivity index (χ3v) is 7.37. The SMILES string of the molecule is CN1CC2CCC1C(F)[C@@H]2N(C)c1nnc(-c2ccc(-c3cn[nH]c3)cc2O)s1. The summed E-state index contributed by atoms with van der Waals surface area (Å²) in [5.74, 6) is 0.427. The van der Waals surface area contributed by atoms with Crippen LogP contribution in [0.5, 0.6) is 5.75 Å². The van der Waals surface area contributed by atoms with Crippen molar-refractivity contribution in [3.8, 4) is 27.4 Å². The molecule has 0 amide bonds. The first kappa shape index (κ1) is 18.5. The lowest BCUT2D eigenvalue weighted by molar-refractivity contribution is -0.0175. The lowest BCUT2D eigenvalue weighted by Gasteiger charge is -2.52. The number of hydrogen-bond acceptors (Lipinski definition) is 7. The molecule has 3 aliphatic rings. The Morgan fingerprint density at radius 2 is 2.14 bits per heavy atom. The van der Waals surface area contributed by atoms with Crippen LogP contribution in [-0.4, -0.2) is 69.3 Å². The summed E-state index contributed by atoms with van der Waals surface area (Å²) in [6.07, 6.45) is 4.55. The van der Waals surface area contributed by atoms with Gasteiger partial charge < -0.3 is 14.9 Å². The summed E-state index contributed by atoms with van der Waals surface area (Å²) >= 11 is 1.38. The molecule has 2 N–H and O–H groups in total. The number of nitrogens with zero attached hydrogens (tertiary/aromatic N) is 5. The lowest BCUT2D eigenvalue weighted by atomic mass is 9.74. The molecule has 3 unspecified atom stereocenters. The van der Waals surface area contributed by atoms with Crippen LogP contribution in [0.4, 0.5) is 9.52 Å². The molecule has 0 radical (unpaired) electrons. The van der Waals surface area contributed by atoms with E-state index in [4.69, 9.17) is 0 Å². The van der Waals surface area contributed by atoms with Gasteiger partial charge in [0.2, 0.25) is 5.13 Å². The molecular formula is C20H23FN6OS. The maximum Gasteiger partial charge on any atom is 0.208 e. The van der Waals surface area contributed by atoms with Gasteiger partial charge >= 0.3 is 0 Å². The molecule has 3 fully saturated rings. The number of hydrogen-bond donors (Lipinski definition) is 2. The molecule has 1 saturated carbocycles. The normalized spacial score (nSPS) is 26.7. The maximum atomic E-state index is 15.1.